The van der Waals surface area contributed by atoms with Gasteiger partial charge in [0.1, 0.15) is 30.2 Å². The molecule has 0 fully saturated rings. The Morgan fingerprint density at radius 3 is 2.07 bits per heavy atom. The van der Waals surface area contributed by atoms with Crippen molar-refractivity contribution >= 4 is 0 Å². The highest BCUT2D eigenvalue weighted by Gasteiger charge is 2.31. The second-order valence-electron chi connectivity index (χ2n) is 3.21. The molecule has 0 spiro atoms. The van der Waals surface area contributed by atoms with Crippen molar-refractivity contribution in [3.63, 3.8) is 0 Å². The summed E-state index contributed by atoms with van der Waals surface area (Å²) < 4.78 is 0. The number of aliphatic hydroxyl groups excluding tert-OH is 6. The van der Waals surface area contributed by atoms with E-state index in [1.54, 1.807) is 6.92 Å². The Hall–Kier alpha value is -0.660. The van der Waals surface area contributed by atoms with Gasteiger partial charge in [-0.3, -0.25) is 0 Å². The van der Waals surface area contributed by atoms with Gasteiger partial charge in [0, 0.05) is 0 Å². The molecule has 0 bridgehead atoms. The zero-order chi connectivity index (χ0) is 12.0. The van der Waals surface area contributed by atoms with Gasteiger partial charge in [-0.25, -0.2) is 0 Å². The van der Waals surface area contributed by atoms with Gasteiger partial charge in [-0.2, -0.15) is 0 Å². The van der Waals surface area contributed by atoms with Gasteiger partial charge in [-0.1, -0.05) is 6.92 Å². The van der Waals surface area contributed by atoms with Crippen LogP contribution in [0.2, 0.25) is 0 Å². The van der Waals surface area contributed by atoms with Gasteiger partial charge in [-0.05, 0) is 12.5 Å². The van der Waals surface area contributed by atoms with Gasteiger partial charge >= 0.3 is 0 Å². The largest absolute Gasteiger partial charge is 0.510 e. The van der Waals surface area contributed by atoms with E-state index in [-0.39, 0.29) is 0 Å². The van der Waals surface area contributed by atoms with Crippen molar-refractivity contribution in [3.05, 3.63) is 11.8 Å². The molecule has 0 heterocycles. The van der Waals surface area contributed by atoms with E-state index in [2.05, 4.69) is 0 Å². The van der Waals surface area contributed by atoms with Crippen molar-refractivity contribution in [3.8, 4) is 0 Å². The maximum Gasteiger partial charge on any atom is 0.139 e. The normalized spacial score (nSPS) is 20.8. The third-order valence-corrected chi connectivity index (χ3v) is 1.97. The molecule has 0 aromatic rings. The van der Waals surface area contributed by atoms with Crippen LogP contribution in [0, 0.1) is 0 Å². The minimum Gasteiger partial charge on any atom is -0.510 e. The summed E-state index contributed by atoms with van der Waals surface area (Å²) in [5.74, 6) is -0.478. The maximum atomic E-state index is 9.31. The van der Waals surface area contributed by atoms with Crippen LogP contribution in [0.3, 0.4) is 0 Å². The van der Waals surface area contributed by atoms with Gasteiger partial charge in [-0.15, -0.1) is 0 Å². The molecule has 0 radical (unpaired) electrons. The molecule has 0 aliphatic heterocycles. The van der Waals surface area contributed by atoms with Crippen molar-refractivity contribution in [1.29, 1.82) is 0 Å². The second kappa shape index (κ2) is 6.76. The number of hydrogen-bond acceptors (Lipinski definition) is 6. The molecule has 0 aliphatic carbocycles. The van der Waals surface area contributed by atoms with Crippen molar-refractivity contribution in [1.82, 2.24) is 0 Å². The Labute approximate surface area is 87.7 Å². The number of aliphatic hydroxyl groups is 6. The zero-order valence-corrected chi connectivity index (χ0v) is 8.48. The van der Waals surface area contributed by atoms with E-state index in [1.807, 2.05) is 0 Å². The van der Waals surface area contributed by atoms with Crippen molar-refractivity contribution in [2.45, 2.75) is 37.8 Å². The Balaban J connectivity index is 4.42. The summed E-state index contributed by atoms with van der Waals surface area (Å²) in [6, 6.07) is 0. The molecular formula is C9H18O6. The lowest BCUT2D eigenvalue weighted by atomic mass is 10.0. The molecule has 0 rings (SSSR count). The number of allylic oxidation sites excluding steroid dienone is 1. The number of hydrogen-bond donors (Lipinski definition) is 6. The fraction of sp³-hybridized carbons (Fsp3) is 0.778. The van der Waals surface area contributed by atoms with Crippen LogP contribution in [0.5, 0.6) is 0 Å². The predicted molar refractivity (Wildman–Crippen MR) is 52.1 cm³/mol. The van der Waals surface area contributed by atoms with Crippen LogP contribution in [0.25, 0.3) is 0 Å². The summed E-state index contributed by atoms with van der Waals surface area (Å²) in [7, 11) is 0. The summed E-state index contributed by atoms with van der Waals surface area (Å²) in [5, 5.41) is 54.5. The van der Waals surface area contributed by atoms with Gasteiger partial charge in [0.25, 0.3) is 0 Å². The minimum atomic E-state index is -1.75. The van der Waals surface area contributed by atoms with Gasteiger partial charge < -0.3 is 30.6 Å². The first-order chi connectivity index (χ1) is 6.95. The molecule has 6 nitrogen and oxygen atoms in total. The van der Waals surface area contributed by atoms with Crippen molar-refractivity contribution in [2.24, 2.45) is 0 Å². The smallest absolute Gasteiger partial charge is 0.139 e. The van der Waals surface area contributed by atoms with Gasteiger partial charge in [0.05, 0.1) is 6.61 Å². The molecule has 0 saturated carbocycles. The molecule has 15 heavy (non-hydrogen) atoms. The van der Waals surface area contributed by atoms with E-state index in [1.165, 1.54) is 6.08 Å². The highest BCUT2D eigenvalue weighted by Crippen LogP contribution is 2.11. The third-order valence-electron chi connectivity index (χ3n) is 1.97. The van der Waals surface area contributed by atoms with Crippen LogP contribution in [0.1, 0.15) is 13.3 Å². The topological polar surface area (TPSA) is 121 Å². The van der Waals surface area contributed by atoms with Crippen LogP contribution in [0.15, 0.2) is 11.8 Å². The molecule has 0 amide bonds. The lowest BCUT2D eigenvalue weighted by molar-refractivity contribution is -0.113. The van der Waals surface area contributed by atoms with Crippen LogP contribution in [-0.4, -0.2) is 61.7 Å². The highest BCUT2D eigenvalue weighted by atomic mass is 16.4. The molecule has 6 N–H and O–H groups in total. The average molecular weight is 222 g/mol. The van der Waals surface area contributed by atoms with E-state index in [0.29, 0.717) is 6.42 Å². The van der Waals surface area contributed by atoms with E-state index in [0.717, 1.165) is 0 Å². The number of rotatable bonds is 6. The minimum absolute atomic E-state index is 0.453. The van der Waals surface area contributed by atoms with Crippen molar-refractivity contribution < 1.29 is 30.6 Å². The lowest BCUT2D eigenvalue weighted by Gasteiger charge is -2.25. The molecule has 0 unspecified atom stereocenters. The van der Waals surface area contributed by atoms with Crippen LogP contribution in [0.4, 0.5) is 0 Å². The summed E-state index contributed by atoms with van der Waals surface area (Å²) in [4.78, 5) is 0. The van der Waals surface area contributed by atoms with Gasteiger partial charge in [0.15, 0.2) is 0 Å². The molecular weight excluding hydrogens is 204 g/mol. The predicted octanol–water partition coefficient (Wildman–Crippen LogP) is -1.73. The monoisotopic (exact) mass is 222 g/mol. The Morgan fingerprint density at radius 2 is 1.67 bits per heavy atom. The molecule has 90 valence electrons. The van der Waals surface area contributed by atoms with Gasteiger partial charge in [0.2, 0.25) is 0 Å². The molecule has 0 aromatic heterocycles. The average Bonchev–Trinajstić information content (AvgIpc) is 2.25. The highest BCUT2D eigenvalue weighted by molar-refractivity contribution is 5.02. The fourth-order valence-corrected chi connectivity index (χ4v) is 1.03. The maximum absolute atomic E-state index is 9.31. The Kier molecular flexibility index (Phi) is 6.46. The lowest BCUT2D eigenvalue weighted by Crippen LogP contribution is -2.46. The molecule has 6 heteroatoms. The Bertz CT molecular complexity index is 205. The van der Waals surface area contributed by atoms with Crippen LogP contribution >= 0.6 is 0 Å². The Morgan fingerprint density at radius 1 is 1.13 bits per heavy atom. The quantitative estimate of drug-likeness (QED) is 0.297. The first kappa shape index (κ1) is 14.3. The van der Waals surface area contributed by atoms with E-state index >= 15 is 0 Å². The van der Waals surface area contributed by atoms with E-state index in [9.17, 15) is 20.4 Å². The zero-order valence-electron chi connectivity index (χ0n) is 8.48. The molecule has 0 saturated heterocycles. The molecule has 0 aliphatic rings. The van der Waals surface area contributed by atoms with E-state index < -0.39 is 36.8 Å². The second-order valence-corrected chi connectivity index (χ2v) is 3.21. The van der Waals surface area contributed by atoms with Crippen LogP contribution < -0.4 is 0 Å². The van der Waals surface area contributed by atoms with Crippen molar-refractivity contribution in [2.75, 3.05) is 6.61 Å². The standard InChI is InChI=1S/C9H18O6/c1-2-3-5(11)7(13)9(15)8(14)6(12)4-10/h3,6-15H,2,4H2,1H3/t6-,7-,8-,9-/m1/s1. The van der Waals surface area contributed by atoms with E-state index in [4.69, 9.17) is 10.2 Å². The fourth-order valence-electron chi connectivity index (χ4n) is 1.03. The summed E-state index contributed by atoms with van der Waals surface area (Å²) >= 11 is 0. The summed E-state index contributed by atoms with van der Waals surface area (Å²) in [6.45, 7) is 0.970. The summed E-state index contributed by atoms with van der Waals surface area (Å²) in [5.41, 5.74) is 0. The summed E-state index contributed by atoms with van der Waals surface area (Å²) in [6.07, 6.45) is -5.00. The first-order valence-corrected chi connectivity index (χ1v) is 4.67. The SMILES string of the molecule is CCC=C(O)[C@@H](O)[C@@H](O)[C@H](O)[C@H](O)CO. The molecule has 4 atom stereocenters. The third kappa shape index (κ3) is 4.15. The first-order valence-electron chi connectivity index (χ1n) is 4.67. The van der Waals surface area contributed by atoms with Crippen LogP contribution in [-0.2, 0) is 0 Å². The molecule has 0 aromatic carbocycles.